The average Bonchev–Trinajstić information content (AvgIpc) is 2.67. The zero-order chi connectivity index (χ0) is 13.6. The average molecular weight is 293 g/mol. The number of pyridine rings is 1. The molecule has 3 rings (SSSR count). The standard InChI is InChI=1S/C13H10Cl2N4/c1-7-4-10-12(17-6-7)19(13(16)18-10)11-5-8(14)2-3-9(11)15/h2-6H,1H3,(H2,16,18). The van der Waals surface area contributed by atoms with E-state index in [9.17, 15) is 0 Å². The third kappa shape index (κ3) is 2.03. The highest BCUT2D eigenvalue weighted by Crippen LogP contribution is 2.29. The van der Waals surface area contributed by atoms with E-state index in [2.05, 4.69) is 9.97 Å². The van der Waals surface area contributed by atoms with Gasteiger partial charge in [0, 0.05) is 11.2 Å². The van der Waals surface area contributed by atoms with Crippen molar-refractivity contribution in [3.05, 3.63) is 46.1 Å². The maximum absolute atomic E-state index is 6.20. The van der Waals surface area contributed by atoms with Gasteiger partial charge in [0.25, 0.3) is 0 Å². The predicted molar refractivity (Wildman–Crippen MR) is 78.0 cm³/mol. The molecule has 0 unspecified atom stereocenters. The van der Waals surface area contributed by atoms with E-state index in [0.29, 0.717) is 27.3 Å². The zero-order valence-corrected chi connectivity index (χ0v) is 11.6. The van der Waals surface area contributed by atoms with Crippen molar-refractivity contribution in [2.24, 2.45) is 0 Å². The molecule has 0 amide bonds. The van der Waals surface area contributed by atoms with Crippen molar-refractivity contribution in [1.82, 2.24) is 14.5 Å². The topological polar surface area (TPSA) is 56.7 Å². The normalized spacial score (nSPS) is 11.1. The number of fused-ring (bicyclic) bond motifs is 1. The molecule has 2 N–H and O–H groups in total. The Kier molecular flexibility index (Phi) is 2.84. The number of anilines is 1. The fourth-order valence-electron chi connectivity index (χ4n) is 1.98. The van der Waals surface area contributed by atoms with Crippen molar-refractivity contribution in [2.45, 2.75) is 6.92 Å². The first-order chi connectivity index (χ1) is 9.06. The van der Waals surface area contributed by atoms with E-state index < -0.39 is 0 Å². The molecule has 0 radical (unpaired) electrons. The highest BCUT2D eigenvalue weighted by molar-refractivity contribution is 6.34. The van der Waals surface area contributed by atoms with Crippen LogP contribution < -0.4 is 5.73 Å². The largest absolute Gasteiger partial charge is 0.369 e. The molecule has 0 atom stereocenters. The molecule has 96 valence electrons. The molecule has 0 saturated carbocycles. The predicted octanol–water partition coefficient (Wildman–Crippen LogP) is 3.62. The van der Waals surface area contributed by atoms with Crippen LogP contribution in [0.25, 0.3) is 16.9 Å². The minimum Gasteiger partial charge on any atom is -0.369 e. The van der Waals surface area contributed by atoms with Crippen LogP contribution >= 0.6 is 23.2 Å². The third-order valence-corrected chi connectivity index (χ3v) is 3.36. The quantitative estimate of drug-likeness (QED) is 0.745. The SMILES string of the molecule is Cc1cnc2c(c1)nc(N)n2-c1cc(Cl)ccc1Cl. The molecule has 0 aliphatic carbocycles. The van der Waals surface area contributed by atoms with Crippen LogP contribution in [0.1, 0.15) is 5.56 Å². The van der Waals surface area contributed by atoms with Crippen LogP contribution in [0.2, 0.25) is 10.0 Å². The van der Waals surface area contributed by atoms with Gasteiger partial charge in [-0.1, -0.05) is 23.2 Å². The van der Waals surface area contributed by atoms with Gasteiger partial charge in [-0.05, 0) is 36.8 Å². The van der Waals surface area contributed by atoms with Crippen LogP contribution in [0.15, 0.2) is 30.5 Å². The van der Waals surface area contributed by atoms with Gasteiger partial charge >= 0.3 is 0 Å². The Morgan fingerprint density at radius 2 is 2.00 bits per heavy atom. The summed E-state index contributed by atoms with van der Waals surface area (Å²) in [6.07, 6.45) is 1.76. The third-order valence-electron chi connectivity index (χ3n) is 2.81. The summed E-state index contributed by atoms with van der Waals surface area (Å²) < 4.78 is 1.70. The van der Waals surface area contributed by atoms with Crippen molar-refractivity contribution >= 4 is 40.3 Å². The second-order valence-corrected chi connectivity index (χ2v) is 5.10. The lowest BCUT2D eigenvalue weighted by molar-refractivity contribution is 1.08. The molecular weight excluding hydrogens is 283 g/mol. The lowest BCUT2D eigenvalue weighted by Crippen LogP contribution is -2.02. The van der Waals surface area contributed by atoms with Gasteiger partial charge in [-0.2, -0.15) is 0 Å². The summed E-state index contributed by atoms with van der Waals surface area (Å²) in [7, 11) is 0. The number of nitrogens with zero attached hydrogens (tertiary/aromatic N) is 3. The Bertz CT molecular complexity index is 780. The Balaban J connectivity index is 2.36. The minimum absolute atomic E-state index is 0.331. The van der Waals surface area contributed by atoms with Gasteiger partial charge in [0.05, 0.1) is 10.7 Å². The van der Waals surface area contributed by atoms with Crippen molar-refractivity contribution in [2.75, 3.05) is 5.73 Å². The number of imidazole rings is 1. The van der Waals surface area contributed by atoms with Crippen molar-refractivity contribution in [3.8, 4) is 5.69 Å². The first kappa shape index (κ1) is 12.3. The van der Waals surface area contributed by atoms with Crippen molar-refractivity contribution in [1.29, 1.82) is 0 Å². The first-order valence-electron chi connectivity index (χ1n) is 5.62. The fourth-order valence-corrected chi connectivity index (χ4v) is 2.35. The summed E-state index contributed by atoms with van der Waals surface area (Å²) in [6, 6.07) is 7.11. The van der Waals surface area contributed by atoms with Crippen LogP contribution in [0.4, 0.5) is 5.95 Å². The summed E-state index contributed by atoms with van der Waals surface area (Å²) in [4.78, 5) is 8.67. The van der Waals surface area contributed by atoms with Crippen LogP contribution in [0, 0.1) is 6.92 Å². The molecular formula is C13H10Cl2N4. The van der Waals surface area contributed by atoms with Gasteiger partial charge in [0.2, 0.25) is 5.95 Å². The second-order valence-electron chi connectivity index (χ2n) is 4.26. The summed E-state index contributed by atoms with van der Waals surface area (Å²) in [6.45, 7) is 1.95. The Morgan fingerprint density at radius 3 is 2.79 bits per heavy atom. The number of hydrogen-bond acceptors (Lipinski definition) is 3. The van der Waals surface area contributed by atoms with Gasteiger partial charge in [-0.25, -0.2) is 9.97 Å². The number of aryl methyl sites for hydroxylation is 1. The molecule has 3 aromatic rings. The van der Waals surface area contributed by atoms with Crippen LogP contribution in [-0.4, -0.2) is 14.5 Å². The number of aromatic nitrogens is 3. The van der Waals surface area contributed by atoms with Crippen LogP contribution in [0.5, 0.6) is 0 Å². The molecule has 0 aliphatic rings. The number of nitrogens with two attached hydrogens (primary N) is 1. The summed E-state index contributed by atoms with van der Waals surface area (Å²) >= 11 is 12.2. The van der Waals surface area contributed by atoms with Gasteiger partial charge in [-0.3, -0.25) is 4.57 Å². The highest BCUT2D eigenvalue weighted by Gasteiger charge is 2.14. The van der Waals surface area contributed by atoms with Gasteiger partial charge in [0.1, 0.15) is 5.52 Å². The molecule has 2 aromatic heterocycles. The molecule has 2 heterocycles. The molecule has 1 aromatic carbocycles. The van der Waals surface area contributed by atoms with E-state index >= 15 is 0 Å². The Labute approximate surface area is 119 Å². The summed E-state index contributed by atoms with van der Waals surface area (Å²) in [5, 5.41) is 1.12. The summed E-state index contributed by atoms with van der Waals surface area (Å²) in [5.74, 6) is 0.331. The first-order valence-corrected chi connectivity index (χ1v) is 6.38. The molecule has 0 fully saturated rings. The van der Waals surface area contributed by atoms with E-state index in [1.54, 1.807) is 29.0 Å². The highest BCUT2D eigenvalue weighted by atomic mass is 35.5. The smallest absolute Gasteiger partial charge is 0.207 e. The van der Waals surface area contributed by atoms with Crippen molar-refractivity contribution < 1.29 is 0 Å². The van der Waals surface area contributed by atoms with Gasteiger partial charge in [-0.15, -0.1) is 0 Å². The molecule has 0 saturated heterocycles. The second kappa shape index (κ2) is 4.40. The number of hydrogen-bond donors (Lipinski definition) is 1. The molecule has 0 aliphatic heterocycles. The fraction of sp³-hybridized carbons (Fsp3) is 0.0769. The number of benzene rings is 1. The minimum atomic E-state index is 0.331. The molecule has 4 nitrogen and oxygen atoms in total. The van der Waals surface area contributed by atoms with E-state index in [1.165, 1.54) is 0 Å². The van der Waals surface area contributed by atoms with E-state index in [1.807, 2.05) is 13.0 Å². The van der Waals surface area contributed by atoms with Gasteiger partial charge in [0.15, 0.2) is 5.65 Å². The van der Waals surface area contributed by atoms with E-state index in [-0.39, 0.29) is 0 Å². The van der Waals surface area contributed by atoms with E-state index in [0.717, 1.165) is 11.1 Å². The zero-order valence-electron chi connectivity index (χ0n) is 10.1. The lowest BCUT2D eigenvalue weighted by Gasteiger charge is -2.08. The summed E-state index contributed by atoms with van der Waals surface area (Å²) in [5.41, 5.74) is 9.05. The molecule has 6 heteroatoms. The maximum Gasteiger partial charge on any atom is 0.207 e. The Hall–Kier alpha value is -1.78. The molecule has 19 heavy (non-hydrogen) atoms. The van der Waals surface area contributed by atoms with Crippen LogP contribution in [-0.2, 0) is 0 Å². The number of rotatable bonds is 1. The van der Waals surface area contributed by atoms with Gasteiger partial charge < -0.3 is 5.73 Å². The number of nitrogen functional groups attached to an aromatic ring is 1. The Morgan fingerprint density at radius 1 is 1.21 bits per heavy atom. The number of halogens is 2. The van der Waals surface area contributed by atoms with E-state index in [4.69, 9.17) is 28.9 Å². The van der Waals surface area contributed by atoms with Crippen LogP contribution in [0.3, 0.4) is 0 Å². The monoisotopic (exact) mass is 292 g/mol. The lowest BCUT2D eigenvalue weighted by atomic mass is 10.3. The van der Waals surface area contributed by atoms with Crippen molar-refractivity contribution in [3.63, 3.8) is 0 Å². The molecule has 0 spiro atoms. The molecule has 0 bridgehead atoms. The maximum atomic E-state index is 6.20.